The van der Waals surface area contributed by atoms with Gasteiger partial charge in [-0.1, -0.05) is 12.1 Å². The lowest BCUT2D eigenvalue weighted by molar-refractivity contribution is 0.0950. The number of nitrogens with one attached hydrogen (secondary N) is 3. The monoisotopic (exact) mass is 350 g/mol. The molecule has 2 heterocycles. The summed E-state index contributed by atoms with van der Waals surface area (Å²) >= 11 is 1.49. The number of anilines is 3. The topological polar surface area (TPSA) is 83.1 Å². The third kappa shape index (κ3) is 3.09. The molecule has 0 aliphatic carbocycles. The predicted molar refractivity (Wildman–Crippen MR) is 97.4 cm³/mol. The van der Waals surface area contributed by atoms with Crippen LogP contribution in [-0.4, -0.2) is 16.8 Å². The molecule has 0 saturated heterocycles. The first-order valence-electron chi connectivity index (χ1n) is 7.68. The molecule has 0 spiro atoms. The SMILES string of the molecule is O=C(NCc1cncs1)c1ccc2c(c1)NC(=O)c1ccccc1N2. The zero-order chi connectivity index (χ0) is 17.2. The number of thiazole rings is 1. The number of hydrogen-bond acceptors (Lipinski definition) is 5. The molecule has 0 atom stereocenters. The Morgan fingerprint density at radius 2 is 1.96 bits per heavy atom. The van der Waals surface area contributed by atoms with Gasteiger partial charge < -0.3 is 16.0 Å². The average Bonchev–Trinajstić information content (AvgIpc) is 3.10. The van der Waals surface area contributed by atoms with Crippen LogP contribution in [0.3, 0.4) is 0 Å². The predicted octanol–water partition coefficient (Wildman–Crippen LogP) is 3.38. The fraction of sp³-hybridized carbons (Fsp3) is 0.0556. The maximum Gasteiger partial charge on any atom is 0.257 e. The Labute approximate surface area is 147 Å². The maximum absolute atomic E-state index is 12.4. The van der Waals surface area contributed by atoms with Crippen molar-refractivity contribution in [2.75, 3.05) is 10.6 Å². The van der Waals surface area contributed by atoms with Crippen molar-refractivity contribution in [3.05, 3.63) is 70.2 Å². The van der Waals surface area contributed by atoms with Crippen LogP contribution in [0.1, 0.15) is 25.6 Å². The Kier molecular flexibility index (Phi) is 3.91. The van der Waals surface area contributed by atoms with Crippen LogP contribution >= 0.6 is 11.3 Å². The van der Waals surface area contributed by atoms with Gasteiger partial charge in [0.25, 0.3) is 11.8 Å². The second-order valence-corrected chi connectivity index (χ2v) is 6.51. The second kappa shape index (κ2) is 6.37. The molecule has 2 aromatic carbocycles. The molecule has 3 N–H and O–H groups in total. The molecule has 1 aromatic heterocycles. The number of para-hydroxylation sites is 1. The van der Waals surface area contributed by atoms with Gasteiger partial charge in [-0.15, -0.1) is 11.3 Å². The number of carbonyl (C=O) groups excluding carboxylic acids is 2. The summed E-state index contributed by atoms with van der Waals surface area (Å²) in [5, 5.41) is 8.94. The summed E-state index contributed by atoms with van der Waals surface area (Å²) in [6.07, 6.45) is 1.73. The van der Waals surface area contributed by atoms with E-state index >= 15 is 0 Å². The zero-order valence-electron chi connectivity index (χ0n) is 13.1. The van der Waals surface area contributed by atoms with E-state index in [-0.39, 0.29) is 11.8 Å². The first-order chi connectivity index (χ1) is 12.2. The number of rotatable bonds is 3. The molecule has 6 nitrogen and oxygen atoms in total. The second-order valence-electron chi connectivity index (χ2n) is 5.54. The third-order valence-corrected chi connectivity index (χ3v) is 4.66. The molecular formula is C18H14N4O2S. The van der Waals surface area contributed by atoms with Crippen molar-refractivity contribution in [1.82, 2.24) is 10.3 Å². The van der Waals surface area contributed by atoms with Gasteiger partial charge in [0, 0.05) is 16.6 Å². The molecule has 4 rings (SSSR count). The molecule has 0 unspecified atom stereocenters. The van der Waals surface area contributed by atoms with Gasteiger partial charge in [0.15, 0.2) is 0 Å². The largest absolute Gasteiger partial charge is 0.353 e. The van der Waals surface area contributed by atoms with Crippen LogP contribution in [0.4, 0.5) is 17.1 Å². The number of carbonyl (C=O) groups is 2. The van der Waals surface area contributed by atoms with E-state index in [4.69, 9.17) is 0 Å². The van der Waals surface area contributed by atoms with E-state index in [1.807, 2.05) is 18.2 Å². The van der Waals surface area contributed by atoms with Crippen LogP contribution in [0.2, 0.25) is 0 Å². The van der Waals surface area contributed by atoms with Crippen molar-refractivity contribution < 1.29 is 9.59 Å². The van der Waals surface area contributed by atoms with Gasteiger partial charge >= 0.3 is 0 Å². The van der Waals surface area contributed by atoms with Crippen molar-refractivity contribution in [2.24, 2.45) is 0 Å². The Balaban J connectivity index is 1.57. The summed E-state index contributed by atoms with van der Waals surface area (Å²) in [5.41, 5.74) is 4.83. The van der Waals surface area contributed by atoms with Gasteiger partial charge in [-0.05, 0) is 30.3 Å². The van der Waals surface area contributed by atoms with Crippen LogP contribution in [0.5, 0.6) is 0 Å². The third-order valence-electron chi connectivity index (χ3n) is 3.88. The molecule has 25 heavy (non-hydrogen) atoms. The molecule has 1 aliphatic heterocycles. The zero-order valence-corrected chi connectivity index (χ0v) is 13.9. The van der Waals surface area contributed by atoms with Crippen molar-refractivity contribution in [3.8, 4) is 0 Å². The summed E-state index contributed by atoms with van der Waals surface area (Å²) in [6.45, 7) is 0.427. The van der Waals surface area contributed by atoms with E-state index in [1.54, 1.807) is 36.0 Å². The van der Waals surface area contributed by atoms with E-state index < -0.39 is 0 Å². The fourth-order valence-corrected chi connectivity index (χ4v) is 3.16. The summed E-state index contributed by atoms with van der Waals surface area (Å²) in [6, 6.07) is 12.5. The number of amides is 2. The highest BCUT2D eigenvalue weighted by atomic mass is 32.1. The van der Waals surface area contributed by atoms with Gasteiger partial charge in [0.2, 0.25) is 0 Å². The number of benzene rings is 2. The molecule has 1 aliphatic rings. The minimum absolute atomic E-state index is 0.202. The van der Waals surface area contributed by atoms with E-state index in [2.05, 4.69) is 20.9 Å². The standard InChI is InChI=1S/C18H14N4O2S/c23-17(20-9-12-8-19-10-25-12)11-5-6-15-16(7-11)22-18(24)13-3-1-2-4-14(13)21-15/h1-8,10,21H,9H2,(H,20,23)(H,22,24). The Morgan fingerprint density at radius 3 is 2.80 bits per heavy atom. The van der Waals surface area contributed by atoms with Crippen molar-refractivity contribution in [3.63, 3.8) is 0 Å². The maximum atomic E-state index is 12.4. The van der Waals surface area contributed by atoms with Gasteiger partial charge in [-0.2, -0.15) is 0 Å². The molecule has 7 heteroatoms. The first-order valence-corrected chi connectivity index (χ1v) is 8.56. The minimum Gasteiger partial charge on any atom is -0.353 e. The van der Waals surface area contributed by atoms with Crippen LogP contribution in [0, 0.1) is 0 Å². The summed E-state index contributed by atoms with van der Waals surface area (Å²) in [4.78, 5) is 29.7. The van der Waals surface area contributed by atoms with E-state index in [9.17, 15) is 9.59 Å². The van der Waals surface area contributed by atoms with E-state index in [0.717, 1.165) is 16.3 Å². The normalized spacial score (nSPS) is 12.2. The lowest BCUT2D eigenvalue weighted by Gasteiger charge is -2.10. The Morgan fingerprint density at radius 1 is 1.08 bits per heavy atom. The molecule has 0 radical (unpaired) electrons. The van der Waals surface area contributed by atoms with Crippen molar-refractivity contribution >= 4 is 40.2 Å². The van der Waals surface area contributed by atoms with Crippen LogP contribution in [0.25, 0.3) is 0 Å². The van der Waals surface area contributed by atoms with Gasteiger partial charge in [0.1, 0.15) is 0 Å². The van der Waals surface area contributed by atoms with E-state index in [1.165, 1.54) is 11.3 Å². The van der Waals surface area contributed by atoms with Crippen molar-refractivity contribution in [2.45, 2.75) is 6.54 Å². The molecule has 0 saturated carbocycles. The van der Waals surface area contributed by atoms with Crippen LogP contribution in [0.15, 0.2) is 54.2 Å². The number of fused-ring (bicyclic) bond motifs is 2. The van der Waals surface area contributed by atoms with Crippen LogP contribution in [-0.2, 0) is 6.54 Å². The number of aromatic nitrogens is 1. The highest BCUT2D eigenvalue weighted by Gasteiger charge is 2.19. The molecule has 0 fully saturated rings. The Hall–Kier alpha value is -3.19. The molecular weight excluding hydrogens is 336 g/mol. The number of nitrogens with zero attached hydrogens (tertiary/aromatic N) is 1. The average molecular weight is 350 g/mol. The van der Waals surface area contributed by atoms with Gasteiger partial charge in [0.05, 0.1) is 34.7 Å². The minimum atomic E-state index is -0.205. The quantitative estimate of drug-likeness (QED) is 0.676. The first kappa shape index (κ1) is 15.3. The lowest BCUT2D eigenvalue weighted by atomic mass is 10.1. The lowest BCUT2D eigenvalue weighted by Crippen LogP contribution is -2.22. The summed E-state index contributed by atoms with van der Waals surface area (Å²) in [5.74, 6) is -0.406. The van der Waals surface area contributed by atoms with Crippen molar-refractivity contribution in [1.29, 1.82) is 0 Å². The molecule has 124 valence electrons. The summed E-state index contributed by atoms with van der Waals surface area (Å²) < 4.78 is 0. The van der Waals surface area contributed by atoms with Gasteiger partial charge in [-0.3, -0.25) is 14.6 Å². The van der Waals surface area contributed by atoms with Gasteiger partial charge in [-0.25, -0.2) is 0 Å². The molecule has 2 amide bonds. The smallest absolute Gasteiger partial charge is 0.257 e. The number of hydrogen-bond donors (Lipinski definition) is 3. The van der Waals surface area contributed by atoms with Crippen LogP contribution < -0.4 is 16.0 Å². The fourth-order valence-electron chi connectivity index (χ4n) is 2.62. The van der Waals surface area contributed by atoms with E-state index in [0.29, 0.717) is 23.4 Å². The molecule has 0 bridgehead atoms. The highest BCUT2D eigenvalue weighted by molar-refractivity contribution is 7.09. The molecule has 3 aromatic rings. The highest BCUT2D eigenvalue weighted by Crippen LogP contribution is 2.32. The Bertz CT molecular complexity index is 953. The summed E-state index contributed by atoms with van der Waals surface area (Å²) in [7, 11) is 0.